The van der Waals surface area contributed by atoms with E-state index in [1.54, 1.807) is 12.1 Å². The molecule has 0 spiro atoms. The van der Waals surface area contributed by atoms with Gasteiger partial charge in [0.2, 0.25) is 10.0 Å². The van der Waals surface area contributed by atoms with Gasteiger partial charge in [0.25, 0.3) is 5.91 Å². The summed E-state index contributed by atoms with van der Waals surface area (Å²) in [7, 11) is -3.57. The highest BCUT2D eigenvalue weighted by Gasteiger charge is 2.40. The van der Waals surface area contributed by atoms with Crippen LogP contribution in [0.3, 0.4) is 0 Å². The fourth-order valence-electron chi connectivity index (χ4n) is 4.57. The van der Waals surface area contributed by atoms with Crippen LogP contribution in [0.15, 0.2) is 29.2 Å². The van der Waals surface area contributed by atoms with Crippen molar-refractivity contribution in [2.24, 2.45) is 5.92 Å². The summed E-state index contributed by atoms with van der Waals surface area (Å²) in [6, 6.07) is 6.17. The number of morpholine rings is 1. The number of hydrogen-bond acceptors (Lipinski definition) is 5. The molecule has 2 atom stereocenters. The maximum Gasteiger partial charge on any atom is 0.254 e. The number of piperidine rings is 1. The molecule has 0 unspecified atom stereocenters. The van der Waals surface area contributed by atoms with Crippen molar-refractivity contribution in [1.82, 2.24) is 9.21 Å². The number of nitrogens with zero attached hydrogens (tertiary/aromatic N) is 2. The lowest BCUT2D eigenvalue weighted by Crippen LogP contribution is -2.53. The maximum absolute atomic E-state index is 13.1. The van der Waals surface area contributed by atoms with Gasteiger partial charge in [-0.05, 0) is 37.1 Å². The van der Waals surface area contributed by atoms with E-state index >= 15 is 0 Å². The molecular formula is C20H26N2O5S. The number of carbonyl (C=O) groups is 2. The largest absolute Gasteiger partial charge is 0.379 e. The van der Waals surface area contributed by atoms with Crippen molar-refractivity contribution in [2.75, 3.05) is 32.8 Å². The van der Waals surface area contributed by atoms with Crippen molar-refractivity contribution < 1.29 is 22.7 Å². The standard InChI is InChI=1S/C20H26N2O5S/c23-19-9-10-22(18-4-2-1-3-17(18)19)20(24)15-5-7-16(8-6-15)28(25,26)21-11-13-27-14-12-21/h5-8,17-18H,1-4,9-14H2/t17-,18+/m0/s1. The van der Waals surface area contributed by atoms with E-state index in [9.17, 15) is 18.0 Å². The van der Waals surface area contributed by atoms with Crippen LogP contribution in [-0.2, 0) is 19.6 Å². The Morgan fingerprint density at radius 3 is 2.39 bits per heavy atom. The van der Waals surface area contributed by atoms with Crippen molar-refractivity contribution in [3.05, 3.63) is 29.8 Å². The minimum Gasteiger partial charge on any atom is -0.379 e. The summed E-state index contributed by atoms with van der Waals surface area (Å²) in [5, 5.41) is 0. The molecule has 1 aliphatic carbocycles. The molecule has 3 aliphatic rings. The van der Waals surface area contributed by atoms with Crippen LogP contribution in [0.2, 0.25) is 0 Å². The second-order valence-electron chi connectivity index (χ2n) is 7.71. The fourth-order valence-corrected chi connectivity index (χ4v) is 5.97. The molecule has 0 N–H and O–H groups in total. The number of hydrogen-bond donors (Lipinski definition) is 0. The first-order chi connectivity index (χ1) is 13.5. The number of benzene rings is 1. The summed E-state index contributed by atoms with van der Waals surface area (Å²) >= 11 is 0. The first-order valence-corrected chi connectivity index (χ1v) is 11.4. The molecule has 8 heteroatoms. The number of fused-ring (bicyclic) bond motifs is 1. The van der Waals surface area contributed by atoms with Crippen molar-refractivity contribution >= 4 is 21.7 Å². The molecule has 1 amide bonds. The molecule has 0 bridgehead atoms. The van der Waals surface area contributed by atoms with Crippen LogP contribution in [0.5, 0.6) is 0 Å². The van der Waals surface area contributed by atoms with Crippen LogP contribution >= 0.6 is 0 Å². The van der Waals surface area contributed by atoms with Gasteiger partial charge in [0.1, 0.15) is 5.78 Å². The number of ether oxygens (including phenoxy) is 1. The summed E-state index contributed by atoms with van der Waals surface area (Å²) in [5.74, 6) is 0.132. The predicted molar refractivity (Wildman–Crippen MR) is 102 cm³/mol. The summed E-state index contributed by atoms with van der Waals surface area (Å²) in [6.07, 6.45) is 4.23. The van der Waals surface area contributed by atoms with Gasteiger partial charge in [0.05, 0.1) is 18.1 Å². The van der Waals surface area contributed by atoms with Crippen LogP contribution < -0.4 is 0 Å². The lowest BCUT2D eigenvalue weighted by atomic mass is 9.77. The molecule has 0 aromatic heterocycles. The SMILES string of the molecule is O=C1CCN(C(=O)c2ccc(S(=O)(=O)N3CCOCC3)cc2)[C@@H]2CCCC[C@H]12. The molecule has 2 aliphatic heterocycles. The number of likely N-dealkylation sites (tertiary alicyclic amines) is 1. The van der Waals surface area contributed by atoms with Crippen LogP contribution in [0, 0.1) is 5.92 Å². The molecule has 152 valence electrons. The Kier molecular flexibility index (Phi) is 5.53. The molecular weight excluding hydrogens is 380 g/mol. The quantitative estimate of drug-likeness (QED) is 0.763. The summed E-state index contributed by atoms with van der Waals surface area (Å²) in [4.78, 5) is 27.3. The number of amides is 1. The third-order valence-electron chi connectivity index (χ3n) is 6.11. The van der Waals surface area contributed by atoms with E-state index in [0.29, 0.717) is 44.8 Å². The highest BCUT2D eigenvalue weighted by Crippen LogP contribution is 2.34. The van der Waals surface area contributed by atoms with E-state index < -0.39 is 10.0 Å². The number of ketones is 1. The third-order valence-corrected chi connectivity index (χ3v) is 8.03. The zero-order chi connectivity index (χ0) is 19.7. The Balaban J connectivity index is 1.52. The average Bonchev–Trinajstić information content (AvgIpc) is 2.74. The van der Waals surface area contributed by atoms with Crippen molar-refractivity contribution in [2.45, 2.75) is 43.0 Å². The van der Waals surface area contributed by atoms with E-state index in [1.807, 2.05) is 4.90 Å². The first-order valence-electron chi connectivity index (χ1n) is 10.00. The Labute approximate surface area is 165 Å². The van der Waals surface area contributed by atoms with Gasteiger partial charge in [-0.25, -0.2) is 8.42 Å². The van der Waals surface area contributed by atoms with E-state index in [0.717, 1.165) is 25.7 Å². The molecule has 1 aromatic carbocycles. The Morgan fingerprint density at radius 2 is 1.68 bits per heavy atom. The average molecular weight is 407 g/mol. The molecule has 2 saturated heterocycles. The maximum atomic E-state index is 13.1. The number of Topliss-reactive ketones (excluding diaryl/α,β-unsaturated/α-hetero) is 1. The summed E-state index contributed by atoms with van der Waals surface area (Å²) in [6.45, 7) is 1.92. The third kappa shape index (κ3) is 3.60. The van der Waals surface area contributed by atoms with Crippen molar-refractivity contribution in [3.63, 3.8) is 0 Å². The number of rotatable bonds is 3. The minimum atomic E-state index is -3.57. The van der Waals surface area contributed by atoms with Crippen molar-refractivity contribution in [3.8, 4) is 0 Å². The zero-order valence-electron chi connectivity index (χ0n) is 15.9. The van der Waals surface area contributed by atoms with Crippen molar-refractivity contribution in [1.29, 1.82) is 0 Å². The zero-order valence-corrected chi connectivity index (χ0v) is 16.7. The lowest BCUT2D eigenvalue weighted by Gasteiger charge is -2.43. The van der Waals surface area contributed by atoms with Crippen LogP contribution in [-0.4, -0.2) is 68.2 Å². The predicted octanol–water partition coefficient (Wildman–Crippen LogP) is 1.68. The lowest BCUT2D eigenvalue weighted by molar-refractivity contribution is -0.129. The van der Waals surface area contributed by atoms with Crippen LogP contribution in [0.1, 0.15) is 42.5 Å². The monoisotopic (exact) mass is 406 g/mol. The first kappa shape index (κ1) is 19.5. The second kappa shape index (κ2) is 7.93. The van der Waals surface area contributed by atoms with Crippen LogP contribution in [0.25, 0.3) is 0 Å². The molecule has 3 fully saturated rings. The molecule has 28 heavy (non-hydrogen) atoms. The molecule has 7 nitrogen and oxygen atoms in total. The second-order valence-corrected chi connectivity index (χ2v) is 9.65. The topological polar surface area (TPSA) is 84.0 Å². The Hall–Kier alpha value is -1.77. The minimum absolute atomic E-state index is 0.0146. The highest BCUT2D eigenvalue weighted by molar-refractivity contribution is 7.89. The van der Waals surface area contributed by atoms with E-state index in [-0.39, 0.29) is 28.5 Å². The summed E-state index contributed by atoms with van der Waals surface area (Å²) < 4.78 is 32.1. The van der Waals surface area contributed by atoms with Gasteiger partial charge < -0.3 is 9.64 Å². The molecule has 0 radical (unpaired) electrons. The Morgan fingerprint density at radius 1 is 1.00 bits per heavy atom. The molecule has 1 aromatic rings. The smallest absolute Gasteiger partial charge is 0.254 e. The molecule has 1 saturated carbocycles. The van der Waals surface area contributed by atoms with E-state index in [2.05, 4.69) is 0 Å². The molecule has 4 rings (SSSR count). The van der Waals surface area contributed by atoms with Gasteiger partial charge in [-0.2, -0.15) is 4.31 Å². The van der Waals surface area contributed by atoms with Gasteiger partial charge >= 0.3 is 0 Å². The van der Waals surface area contributed by atoms with Gasteiger partial charge in [-0.1, -0.05) is 12.8 Å². The number of carbonyl (C=O) groups excluding carboxylic acids is 2. The normalized spacial score (nSPS) is 26.7. The van der Waals surface area contributed by atoms with Gasteiger partial charge in [0, 0.05) is 43.6 Å². The fraction of sp³-hybridized carbons (Fsp3) is 0.600. The van der Waals surface area contributed by atoms with Gasteiger partial charge in [-0.3, -0.25) is 9.59 Å². The van der Waals surface area contributed by atoms with Gasteiger partial charge in [0.15, 0.2) is 0 Å². The summed E-state index contributed by atoms with van der Waals surface area (Å²) in [5.41, 5.74) is 0.472. The molecule has 2 heterocycles. The van der Waals surface area contributed by atoms with Gasteiger partial charge in [-0.15, -0.1) is 0 Å². The van der Waals surface area contributed by atoms with E-state index in [4.69, 9.17) is 4.74 Å². The van der Waals surface area contributed by atoms with E-state index in [1.165, 1.54) is 16.4 Å². The number of sulfonamides is 1. The highest BCUT2D eigenvalue weighted by atomic mass is 32.2. The van der Waals surface area contributed by atoms with Crippen LogP contribution in [0.4, 0.5) is 0 Å². The Bertz CT molecular complexity index is 846.